The number of rotatable bonds is 9. The molecule has 1 nitrogen and oxygen atoms in total. The van der Waals surface area contributed by atoms with Gasteiger partial charge in [-0.25, -0.2) is 0 Å². The summed E-state index contributed by atoms with van der Waals surface area (Å²) < 4.78 is 5.80. The summed E-state index contributed by atoms with van der Waals surface area (Å²) in [5.41, 5.74) is 2.40. The minimum Gasteiger partial charge on any atom is -0.494 e. The maximum atomic E-state index is 5.80. The number of hydrogen-bond acceptors (Lipinski definition) is 1. The van der Waals surface area contributed by atoms with Crippen molar-refractivity contribution >= 4 is 0 Å². The Balaban J connectivity index is 0.00000242. The Morgan fingerprint density at radius 2 is 1.59 bits per heavy atom. The third kappa shape index (κ3) is 6.73. The van der Waals surface area contributed by atoms with Crippen LogP contribution in [0, 0.1) is 6.07 Å². The Kier molecular flexibility index (Phi) is 9.80. The van der Waals surface area contributed by atoms with E-state index in [0.29, 0.717) is 0 Å². The average Bonchev–Trinajstić information content (AvgIpc) is 2.55. The molecule has 2 aromatic rings. The van der Waals surface area contributed by atoms with Gasteiger partial charge >= 0.3 is 18.9 Å². The van der Waals surface area contributed by atoms with Crippen LogP contribution in [0.4, 0.5) is 0 Å². The van der Waals surface area contributed by atoms with Crippen LogP contribution in [0.2, 0.25) is 0 Å². The molecule has 0 bridgehead atoms. The standard InChI is InChI=1S/C20H25O.Li/c1-2-3-4-5-6-10-17-21-20-15-13-19(14-16-20)18-11-8-7-9-12-18;/h7-8,11-16H,2-6,10,17H2,1H3;/q-1;+1. The molecule has 0 unspecified atom stereocenters. The molecule has 112 valence electrons. The predicted molar refractivity (Wildman–Crippen MR) is 89.6 cm³/mol. The Bertz CT molecular complexity index is 493. The van der Waals surface area contributed by atoms with E-state index in [2.05, 4.69) is 43.3 Å². The van der Waals surface area contributed by atoms with Crippen LogP contribution in [0.5, 0.6) is 5.75 Å². The van der Waals surface area contributed by atoms with Crippen molar-refractivity contribution in [3.05, 3.63) is 54.6 Å². The van der Waals surface area contributed by atoms with Gasteiger partial charge in [-0.2, -0.15) is 30.3 Å². The van der Waals surface area contributed by atoms with Crippen LogP contribution >= 0.6 is 0 Å². The van der Waals surface area contributed by atoms with Crippen molar-refractivity contribution in [3.63, 3.8) is 0 Å². The molecular formula is C20H25LiO. The molecule has 0 amide bonds. The monoisotopic (exact) mass is 288 g/mol. The zero-order chi connectivity index (χ0) is 14.8. The molecule has 0 aliphatic heterocycles. The fourth-order valence-electron chi connectivity index (χ4n) is 2.39. The van der Waals surface area contributed by atoms with Crippen molar-refractivity contribution in [2.24, 2.45) is 0 Å². The summed E-state index contributed by atoms with van der Waals surface area (Å²) in [7, 11) is 0. The fraction of sp³-hybridized carbons (Fsp3) is 0.400. The molecule has 0 N–H and O–H groups in total. The Labute approximate surface area is 147 Å². The molecule has 0 atom stereocenters. The quantitative estimate of drug-likeness (QED) is 0.392. The molecule has 2 heteroatoms. The van der Waals surface area contributed by atoms with Crippen LogP contribution < -0.4 is 23.6 Å². The van der Waals surface area contributed by atoms with Gasteiger partial charge in [-0.3, -0.25) is 0 Å². The van der Waals surface area contributed by atoms with E-state index in [1.54, 1.807) is 0 Å². The molecule has 0 heterocycles. The topological polar surface area (TPSA) is 9.23 Å². The van der Waals surface area contributed by atoms with E-state index in [4.69, 9.17) is 4.74 Å². The first-order valence-electron chi connectivity index (χ1n) is 8.09. The van der Waals surface area contributed by atoms with E-state index in [1.165, 1.54) is 43.2 Å². The van der Waals surface area contributed by atoms with Crippen molar-refractivity contribution in [2.45, 2.75) is 45.4 Å². The fourth-order valence-corrected chi connectivity index (χ4v) is 2.39. The smallest absolute Gasteiger partial charge is 0.494 e. The normalized spacial score (nSPS) is 10.0. The van der Waals surface area contributed by atoms with E-state index in [1.807, 2.05) is 18.2 Å². The Morgan fingerprint density at radius 1 is 0.864 bits per heavy atom. The van der Waals surface area contributed by atoms with E-state index >= 15 is 0 Å². The molecule has 0 saturated carbocycles. The second-order valence-electron chi connectivity index (χ2n) is 5.43. The van der Waals surface area contributed by atoms with Gasteiger partial charge in [0.15, 0.2) is 0 Å². The van der Waals surface area contributed by atoms with Gasteiger partial charge in [0, 0.05) is 0 Å². The van der Waals surface area contributed by atoms with Gasteiger partial charge in [0.2, 0.25) is 0 Å². The van der Waals surface area contributed by atoms with E-state index in [9.17, 15) is 0 Å². The molecule has 0 spiro atoms. The number of benzene rings is 2. The summed E-state index contributed by atoms with van der Waals surface area (Å²) >= 11 is 0. The van der Waals surface area contributed by atoms with Gasteiger partial charge in [-0.05, 0) is 18.6 Å². The van der Waals surface area contributed by atoms with Crippen LogP contribution in [-0.4, -0.2) is 6.61 Å². The molecule has 2 rings (SSSR count). The summed E-state index contributed by atoms with van der Waals surface area (Å²) in [5, 5.41) is 0. The van der Waals surface area contributed by atoms with E-state index < -0.39 is 0 Å². The first-order valence-corrected chi connectivity index (χ1v) is 8.09. The van der Waals surface area contributed by atoms with Crippen LogP contribution in [0.15, 0.2) is 48.5 Å². The van der Waals surface area contributed by atoms with Gasteiger partial charge in [-0.1, -0.05) is 56.7 Å². The minimum atomic E-state index is 0. The number of hydrogen-bond donors (Lipinski definition) is 0. The maximum Gasteiger partial charge on any atom is 1.00 e. The van der Waals surface area contributed by atoms with Gasteiger partial charge < -0.3 is 4.74 Å². The van der Waals surface area contributed by atoms with Crippen molar-refractivity contribution in [1.82, 2.24) is 0 Å². The Hall–Kier alpha value is -1.16. The maximum absolute atomic E-state index is 5.80. The van der Waals surface area contributed by atoms with Crippen molar-refractivity contribution in [3.8, 4) is 16.9 Å². The minimum absolute atomic E-state index is 0. The van der Waals surface area contributed by atoms with E-state index in [0.717, 1.165) is 18.8 Å². The van der Waals surface area contributed by atoms with Crippen LogP contribution in [0.25, 0.3) is 11.1 Å². The Morgan fingerprint density at radius 3 is 2.27 bits per heavy atom. The van der Waals surface area contributed by atoms with Crippen molar-refractivity contribution in [1.29, 1.82) is 0 Å². The molecule has 0 saturated heterocycles. The molecule has 0 fully saturated rings. The predicted octanol–water partition coefficient (Wildman–Crippen LogP) is 2.90. The zero-order valence-electron chi connectivity index (χ0n) is 14.0. The van der Waals surface area contributed by atoms with Gasteiger partial charge in [-0.15, -0.1) is 5.56 Å². The first-order chi connectivity index (χ1) is 10.4. The summed E-state index contributed by atoms with van der Waals surface area (Å²) in [6.45, 7) is 3.07. The molecule has 0 radical (unpaired) electrons. The molecule has 0 aromatic heterocycles. The summed E-state index contributed by atoms with van der Waals surface area (Å²) in [4.78, 5) is 0. The van der Waals surface area contributed by atoms with Gasteiger partial charge in [0.05, 0.1) is 6.61 Å². The summed E-state index contributed by atoms with van der Waals surface area (Å²) in [5.74, 6) is 0.965. The van der Waals surface area contributed by atoms with Crippen LogP contribution in [0.3, 0.4) is 0 Å². The molecule has 0 aliphatic rings. The van der Waals surface area contributed by atoms with Crippen LogP contribution in [0.1, 0.15) is 45.4 Å². The second kappa shape index (κ2) is 11.4. The average molecular weight is 288 g/mol. The SMILES string of the molecule is CCCCCCCCOc1ccc(-c2c[c-]ccc2)cc1.[Li+]. The largest absolute Gasteiger partial charge is 1.00 e. The third-order valence-corrected chi connectivity index (χ3v) is 3.66. The third-order valence-electron chi connectivity index (χ3n) is 3.66. The first kappa shape index (κ1) is 18.9. The second-order valence-corrected chi connectivity index (χ2v) is 5.43. The van der Waals surface area contributed by atoms with Gasteiger partial charge in [0.1, 0.15) is 5.75 Å². The molecule has 22 heavy (non-hydrogen) atoms. The van der Waals surface area contributed by atoms with E-state index in [-0.39, 0.29) is 18.9 Å². The zero-order valence-corrected chi connectivity index (χ0v) is 14.0. The van der Waals surface area contributed by atoms with Crippen LogP contribution in [-0.2, 0) is 0 Å². The number of unbranched alkanes of at least 4 members (excludes halogenated alkanes) is 5. The molecule has 2 aromatic carbocycles. The summed E-state index contributed by atoms with van der Waals surface area (Å²) in [6.07, 6.45) is 7.79. The molecular weight excluding hydrogens is 263 g/mol. The number of ether oxygens (including phenoxy) is 1. The van der Waals surface area contributed by atoms with Crippen molar-refractivity contribution < 1.29 is 23.6 Å². The van der Waals surface area contributed by atoms with Crippen molar-refractivity contribution in [2.75, 3.05) is 6.61 Å². The van der Waals surface area contributed by atoms with Gasteiger partial charge in [0.25, 0.3) is 0 Å². The molecule has 0 aliphatic carbocycles. The summed E-state index contributed by atoms with van der Waals surface area (Å²) in [6, 6.07) is 19.5.